The Hall–Kier alpha value is -3.59. The number of nitrogens with one attached hydrogen (secondary N) is 1. The number of rotatable bonds is 6. The lowest BCUT2D eigenvalue weighted by Crippen LogP contribution is -2.27. The Balaban J connectivity index is 1.51. The second-order valence-corrected chi connectivity index (χ2v) is 7.70. The van der Waals surface area contributed by atoms with Gasteiger partial charge >= 0.3 is 0 Å². The number of hydrogen-bond donors (Lipinski definition) is 1. The molecule has 1 N–H and O–H groups in total. The van der Waals surface area contributed by atoms with Gasteiger partial charge in [-0.15, -0.1) is 0 Å². The average molecular weight is 423 g/mol. The van der Waals surface area contributed by atoms with Gasteiger partial charge in [-0.3, -0.25) is 14.2 Å². The minimum absolute atomic E-state index is 0.202. The molecule has 0 unspecified atom stereocenters. The van der Waals surface area contributed by atoms with Crippen molar-refractivity contribution in [3.8, 4) is 0 Å². The molecule has 1 amide bonds. The monoisotopic (exact) mass is 423 g/mol. The first-order chi connectivity index (χ1) is 14.5. The van der Waals surface area contributed by atoms with Crippen molar-refractivity contribution < 1.29 is 9.18 Å². The van der Waals surface area contributed by atoms with Crippen LogP contribution >= 0.6 is 11.3 Å². The molecule has 7 nitrogen and oxygen atoms in total. The summed E-state index contributed by atoms with van der Waals surface area (Å²) in [5, 5.41) is 3.30. The third-order valence-electron chi connectivity index (χ3n) is 4.40. The molecular weight excluding hydrogens is 405 g/mol. The highest BCUT2D eigenvalue weighted by atomic mass is 32.1. The first-order valence-corrected chi connectivity index (χ1v) is 9.98. The van der Waals surface area contributed by atoms with Gasteiger partial charge in [-0.2, -0.15) is 4.98 Å². The molecule has 0 aliphatic heterocycles. The number of nitrogens with zero attached hydrogens (tertiary/aromatic N) is 4. The summed E-state index contributed by atoms with van der Waals surface area (Å²) in [6.45, 7) is 0.446. The number of thiazole rings is 1. The zero-order valence-electron chi connectivity index (χ0n) is 16.1. The SMILES string of the molecule is CN(Cc1ccccc1)c1nc2ncn(CC(=O)Nc3ccc(F)cc3)c(=O)c2s1. The summed E-state index contributed by atoms with van der Waals surface area (Å²) in [5.41, 5.74) is 1.61. The van der Waals surface area contributed by atoms with Gasteiger partial charge in [0.05, 0.1) is 0 Å². The van der Waals surface area contributed by atoms with Gasteiger partial charge in [-0.05, 0) is 29.8 Å². The van der Waals surface area contributed by atoms with Crippen LogP contribution in [-0.2, 0) is 17.9 Å². The smallest absolute Gasteiger partial charge is 0.273 e. The van der Waals surface area contributed by atoms with Crippen LogP contribution in [-0.4, -0.2) is 27.5 Å². The molecule has 152 valence electrons. The van der Waals surface area contributed by atoms with Crippen molar-refractivity contribution in [2.75, 3.05) is 17.3 Å². The van der Waals surface area contributed by atoms with Crippen molar-refractivity contribution in [1.82, 2.24) is 14.5 Å². The molecule has 0 aliphatic rings. The van der Waals surface area contributed by atoms with E-state index >= 15 is 0 Å². The summed E-state index contributed by atoms with van der Waals surface area (Å²) in [4.78, 5) is 35.7. The lowest BCUT2D eigenvalue weighted by molar-refractivity contribution is -0.116. The van der Waals surface area contributed by atoms with Gasteiger partial charge in [0.25, 0.3) is 5.56 Å². The third-order valence-corrected chi connectivity index (χ3v) is 5.55. The number of benzene rings is 2. The van der Waals surface area contributed by atoms with E-state index in [1.54, 1.807) is 0 Å². The second-order valence-electron chi connectivity index (χ2n) is 6.72. The normalized spacial score (nSPS) is 10.9. The van der Waals surface area contributed by atoms with Crippen molar-refractivity contribution >= 4 is 38.4 Å². The van der Waals surface area contributed by atoms with Crippen LogP contribution in [0.25, 0.3) is 10.3 Å². The number of carbonyl (C=O) groups excluding carboxylic acids is 1. The summed E-state index contributed by atoms with van der Waals surface area (Å²) >= 11 is 1.24. The minimum Gasteiger partial charge on any atom is -0.347 e. The van der Waals surface area contributed by atoms with E-state index in [1.165, 1.54) is 46.5 Å². The largest absolute Gasteiger partial charge is 0.347 e. The maximum Gasteiger partial charge on any atom is 0.273 e. The van der Waals surface area contributed by atoms with Gasteiger partial charge in [-0.25, -0.2) is 9.37 Å². The molecule has 0 bridgehead atoms. The highest BCUT2D eigenvalue weighted by Crippen LogP contribution is 2.25. The average Bonchev–Trinajstić information content (AvgIpc) is 3.18. The molecule has 4 rings (SSSR count). The number of carbonyl (C=O) groups is 1. The summed E-state index contributed by atoms with van der Waals surface area (Å²) in [6.07, 6.45) is 1.32. The quantitative estimate of drug-likeness (QED) is 0.515. The lowest BCUT2D eigenvalue weighted by atomic mass is 10.2. The number of amides is 1. The predicted molar refractivity (Wildman–Crippen MR) is 115 cm³/mol. The maximum absolute atomic E-state index is 13.0. The summed E-state index contributed by atoms with van der Waals surface area (Å²) in [7, 11) is 1.90. The molecule has 4 aromatic rings. The molecule has 0 aliphatic carbocycles. The van der Waals surface area contributed by atoms with Crippen molar-refractivity contribution in [3.63, 3.8) is 0 Å². The van der Waals surface area contributed by atoms with Crippen LogP contribution in [0.5, 0.6) is 0 Å². The topological polar surface area (TPSA) is 80.1 Å². The van der Waals surface area contributed by atoms with E-state index in [0.29, 0.717) is 27.7 Å². The van der Waals surface area contributed by atoms with Crippen molar-refractivity contribution in [1.29, 1.82) is 0 Å². The van der Waals surface area contributed by atoms with Gasteiger partial charge in [0.15, 0.2) is 10.8 Å². The summed E-state index contributed by atoms with van der Waals surface area (Å²) < 4.78 is 14.6. The summed E-state index contributed by atoms with van der Waals surface area (Å²) in [5.74, 6) is -0.798. The fraction of sp³-hybridized carbons (Fsp3) is 0.143. The standard InChI is InChI=1S/C21H18FN5O2S/c1-26(11-14-5-3-2-4-6-14)21-25-19-18(30-21)20(29)27(13-23-19)12-17(28)24-16-9-7-15(22)8-10-16/h2-10,13H,11-12H2,1H3,(H,24,28). The highest BCUT2D eigenvalue weighted by Gasteiger charge is 2.15. The Morgan fingerprint density at radius 2 is 1.90 bits per heavy atom. The molecule has 2 aromatic heterocycles. The molecule has 2 heterocycles. The number of aromatic nitrogens is 3. The first-order valence-electron chi connectivity index (χ1n) is 9.16. The van der Waals surface area contributed by atoms with Crippen molar-refractivity contribution in [2.45, 2.75) is 13.1 Å². The molecule has 0 spiro atoms. The van der Waals surface area contributed by atoms with Crippen LogP contribution in [0.4, 0.5) is 15.2 Å². The molecule has 30 heavy (non-hydrogen) atoms. The molecule has 9 heteroatoms. The minimum atomic E-state index is -0.407. The molecule has 2 aromatic carbocycles. The van der Waals surface area contributed by atoms with Crippen LogP contribution < -0.4 is 15.8 Å². The zero-order valence-corrected chi connectivity index (χ0v) is 16.9. The Morgan fingerprint density at radius 3 is 2.63 bits per heavy atom. The zero-order chi connectivity index (χ0) is 21.1. The van der Waals surface area contributed by atoms with Crippen molar-refractivity contribution in [3.05, 3.63) is 82.7 Å². The Morgan fingerprint density at radius 1 is 1.17 bits per heavy atom. The molecule has 0 saturated carbocycles. The van der Waals surface area contributed by atoms with Gasteiger partial charge in [0.2, 0.25) is 5.91 Å². The predicted octanol–water partition coefficient (Wildman–Crippen LogP) is 3.27. The van der Waals surface area contributed by atoms with E-state index in [9.17, 15) is 14.0 Å². The molecule has 0 radical (unpaired) electrons. The van der Waals surface area contributed by atoms with Gasteiger partial charge in [-0.1, -0.05) is 41.7 Å². The van der Waals surface area contributed by atoms with Gasteiger partial charge in [0, 0.05) is 19.3 Å². The Labute approximate surface area is 175 Å². The maximum atomic E-state index is 13.0. The highest BCUT2D eigenvalue weighted by molar-refractivity contribution is 7.22. The third kappa shape index (κ3) is 4.36. The molecule has 0 fully saturated rings. The lowest BCUT2D eigenvalue weighted by Gasteiger charge is -2.15. The van der Waals surface area contributed by atoms with Crippen molar-refractivity contribution in [2.24, 2.45) is 0 Å². The van der Waals surface area contributed by atoms with E-state index in [1.807, 2.05) is 42.3 Å². The van der Waals surface area contributed by atoms with E-state index < -0.39 is 11.7 Å². The Bertz CT molecular complexity index is 1240. The fourth-order valence-electron chi connectivity index (χ4n) is 2.92. The van der Waals surface area contributed by atoms with E-state index in [4.69, 9.17) is 0 Å². The van der Waals surface area contributed by atoms with Crippen LogP contribution in [0, 0.1) is 5.82 Å². The molecule has 0 atom stereocenters. The number of hydrogen-bond acceptors (Lipinski definition) is 6. The number of anilines is 2. The van der Waals surface area contributed by atoms with E-state index in [-0.39, 0.29) is 12.1 Å². The van der Waals surface area contributed by atoms with Crippen LogP contribution in [0.1, 0.15) is 5.56 Å². The van der Waals surface area contributed by atoms with Crippen LogP contribution in [0.15, 0.2) is 65.7 Å². The second kappa shape index (κ2) is 8.42. The Kier molecular flexibility index (Phi) is 5.53. The van der Waals surface area contributed by atoms with Gasteiger partial charge < -0.3 is 10.2 Å². The first kappa shape index (κ1) is 19.7. The van der Waals surface area contributed by atoms with Crippen LogP contribution in [0.3, 0.4) is 0 Å². The molecular formula is C21H18FN5O2S. The van der Waals surface area contributed by atoms with Gasteiger partial charge in [0.1, 0.15) is 23.4 Å². The summed E-state index contributed by atoms with van der Waals surface area (Å²) in [6, 6.07) is 15.4. The number of fused-ring (bicyclic) bond motifs is 1. The fourth-order valence-corrected chi connectivity index (χ4v) is 3.85. The van der Waals surface area contributed by atoms with Crippen LogP contribution in [0.2, 0.25) is 0 Å². The van der Waals surface area contributed by atoms with E-state index in [2.05, 4.69) is 15.3 Å². The number of halogens is 1. The van der Waals surface area contributed by atoms with E-state index in [0.717, 1.165) is 5.56 Å². The molecule has 0 saturated heterocycles.